The average molecular weight is 291 g/mol. The summed E-state index contributed by atoms with van der Waals surface area (Å²) in [4.78, 5) is 16.0. The monoisotopic (exact) mass is 291 g/mol. The molecule has 0 bridgehead atoms. The van der Waals surface area contributed by atoms with E-state index in [1.165, 1.54) is 0 Å². The van der Waals surface area contributed by atoms with Crippen molar-refractivity contribution in [2.45, 2.75) is 39.0 Å². The molecule has 21 heavy (non-hydrogen) atoms. The van der Waals surface area contributed by atoms with Crippen LogP contribution in [0.1, 0.15) is 25.7 Å². The van der Waals surface area contributed by atoms with Crippen molar-refractivity contribution in [3.63, 3.8) is 0 Å². The first kappa shape index (κ1) is 13.7. The Morgan fingerprint density at radius 2 is 2.48 bits per heavy atom. The third-order valence-electron chi connectivity index (χ3n) is 3.32. The third kappa shape index (κ3) is 3.10. The number of carbonyl (C=O) groups is 1. The highest BCUT2D eigenvalue weighted by atomic mass is 16.5. The zero-order valence-corrected chi connectivity index (χ0v) is 11.8. The van der Waals surface area contributed by atoms with E-state index in [0.29, 0.717) is 18.3 Å². The molecule has 3 heterocycles. The summed E-state index contributed by atoms with van der Waals surface area (Å²) in [5.74, 6) is 0.697. The van der Waals surface area contributed by atoms with E-state index in [4.69, 9.17) is 9.26 Å². The van der Waals surface area contributed by atoms with Gasteiger partial charge in [-0.05, 0) is 19.8 Å². The predicted octanol–water partition coefficient (Wildman–Crippen LogP) is 0.748. The van der Waals surface area contributed by atoms with Gasteiger partial charge in [0.2, 0.25) is 17.6 Å². The number of hydrogen-bond donors (Lipinski definition) is 1. The minimum atomic E-state index is -0.352. The predicted molar refractivity (Wildman–Crippen MR) is 72.0 cm³/mol. The van der Waals surface area contributed by atoms with Crippen molar-refractivity contribution in [3.8, 4) is 11.4 Å². The lowest BCUT2D eigenvalue weighted by Gasteiger charge is -2.07. The maximum Gasteiger partial charge on any atom is 0.249 e. The molecule has 8 heteroatoms. The van der Waals surface area contributed by atoms with Gasteiger partial charge in [-0.25, -0.2) is 0 Å². The van der Waals surface area contributed by atoms with E-state index in [9.17, 15) is 4.79 Å². The molecule has 1 fully saturated rings. The van der Waals surface area contributed by atoms with Gasteiger partial charge < -0.3 is 14.6 Å². The quantitative estimate of drug-likeness (QED) is 0.873. The second-order valence-corrected chi connectivity index (χ2v) is 4.82. The van der Waals surface area contributed by atoms with E-state index in [1.807, 2.05) is 13.1 Å². The lowest BCUT2D eigenvalue weighted by molar-refractivity contribution is -0.130. The van der Waals surface area contributed by atoms with Crippen LogP contribution in [-0.4, -0.2) is 38.5 Å². The van der Waals surface area contributed by atoms with Crippen molar-refractivity contribution in [1.29, 1.82) is 0 Å². The topological polar surface area (TPSA) is 95.1 Å². The van der Waals surface area contributed by atoms with E-state index in [1.54, 1.807) is 10.9 Å². The van der Waals surface area contributed by atoms with Gasteiger partial charge in [0.15, 0.2) is 0 Å². The highest BCUT2D eigenvalue weighted by molar-refractivity contribution is 5.80. The number of carbonyl (C=O) groups excluding carboxylic acids is 1. The molecule has 0 spiro atoms. The Morgan fingerprint density at radius 3 is 3.19 bits per heavy atom. The zero-order valence-electron chi connectivity index (χ0n) is 11.8. The number of hydrogen-bond acceptors (Lipinski definition) is 6. The summed E-state index contributed by atoms with van der Waals surface area (Å²) in [6.07, 6.45) is 4.86. The fraction of sp³-hybridized carbons (Fsp3) is 0.538. The fourth-order valence-corrected chi connectivity index (χ4v) is 2.16. The molecular formula is C13H17N5O3. The molecule has 1 atom stereocenters. The molecule has 112 valence electrons. The first-order valence-corrected chi connectivity index (χ1v) is 7.01. The number of nitrogens with zero attached hydrogens (tertiary/aromatic N) is 4. The lowest BCUT2D eigenvalue weighted by Crippen LogP contribution is -2.33. The van der Waals surface area contributed by atoms with Crippen molar-refractivity contribution in [3.05, 3.63) is 18.3 Å². The van der Waals surface area contributed by atoms with E-state index in [2.05, 4.69) is 20.6 Å². The van der Waals surface area contributed by atoms with Crippen molar-refractivity contribution in [1.82, 2.24) is 25.2 Å². The van der Waals surface area contributed by atoms with Crippen LogP contribution >= 0.6 is 0 Å². The van der Waals surface area contributed by atoms with Crippen molar-refractivity contribution >= 4 is 5.91 Å². The molecule has 1 aliphatic heterocycles. The Bertz CT molecular complexity index is 615. The molecule has 2 aromatic heterocycles. The van der Waals surface area contributed by atoms with E-state index < -0.39 is 0 Å². The Hall–Kier alpha value is -2.22. The van der Waals surface area contributed by atoms with Crippen LogP contribution in [0.25, 0.3) is 11.4 Å². The second-order valence-electron chi connectivity index (χ2n) is 4.82. The fourth-order valence-electron chi connectivity index (χ4n) is 2.16. The minimum absolute atomic E-state index is 0.133. The highest BCUT2D eigenvalue weighted by Crippen LogP contribution is 2.15. The molecule has 1 aliphatic rings. The van der Waals surface area contributed by atoms with Crippen LogP contribution in [-0.2, 0) is 22.6 Å². The van der Waals surface area contributed by atoms with Gasteiger partial charge in [-0.1, -0.05) is 5.16 Å². The standard InChI is InChI=1S/C13H17N5O3/c1-2-18-8-9(6-15-18)12-16-11(21-17-12)7-14-13(19)10-4-3-5-20-10/h6,8,10H,2-5,7H2,1H3,(H,14,19)/t10-/m0/s1. The minimum Gasteiger partial charge on any atom is -0.368 e. The van der Waals surface area contributed by atoms with Gasteiger partial charge in [-0.15, -0.1) is 0 Å². The Balaban J connectivity index is 1.58. The lowest BCUT2D eigenvalue weighted by atomic mass is 10.2. The summed E-state index contributed by atoms with van der Waals surface area (Å²) in [6.45, 7) is 3.62. The number of amides is 1. The smallest absolute Gasteiger partial charge is 0.249 e. The molecule has 0 unspecified atom stereocenters. The van der Waals surface area contributed by atoms with E-state index >= 15 is 0 Å². The average Bonchev–Trinajstić information content (AvgIpc) is 3.24. The first-order valence-electron chi connectivity index (χ1n) is 7.01. The normalized spacial score (nSPS) is 18.0. The summed E-state index contributed by atoms with van der Waals surface area (Å²) in [5.41, 5.74) is 0.789. The van der Waals surface area contributed by atoms with Gasteiger partial charge in [-0.2, -0.15) is 10.1 Å². The summed E-state index contributed by atoms with van der Waals surface area (Å²) in [6, 6.07) is 0. The molecule has 0 radical (unpaired) electrons. The van der Waals surface area contributed by atoms with Gasteiger partial charge in [0.05, 0.1) is 18.3 Å². The molecule has 0 aromatic carbocycles. The molecule has 3 rings (SSSR count). The molecule has 8 nitrogen and oxygen atoms in total. The molecule has 0 aliphatic carbocycles. The van der Waals surface area contributed by atoms with Crippen LogP contribution < -0.4 is 5.32 Å². The maximum atomic E-state index is 11.8. The van der Waals surface area contributed by atoms with Crippen LogP contribution in [0.5, 0.6) is 0 Å². The number of rotatable bonds is 5. The van der Waals surface area contributed by atoms with Crippen molar-refractivity contribution in [2.75, 3.05) is 6.61 Å². The Kier molecular flexibility index (Phi) is 3.96. The van der Waals surface area contributed by atoms with Crippen LogP contribution in [0.2, 0.25) is 0 Å². The highest BCUT2D eigenvalue weighted by Gasteiger charge is 2.23. The van der Waals surface area contributed by atoms with Gasteiger partial charge in [0, 0.05) is 19.3 Å². The van der Waals surface area contributed by atoms with E-state index in [-0.39, 0.29) is 18.6 Å². The summed E-state index contributed by atoms with van der Waals surface area (Å²) in [5, 5.41) is 10.8. The van der Waals surface area contributed by atoms with Gasteiger partial charge in [-0.3, -0.25) is 9.48 Å². The molecule has 0 saturated carbocycles. The second kappa shape index (κ2) is 6.04. The number of aryl methyl sites for hydroxylation is 1. The molecular weight excluding hydrogens is 274 g/mol. The molecule has 2 aromatic rings. The SMILES string of the molecule is CCn1cc(-c2noc(CNC(=O)[C@@H]3CCCO3)n2)cn1. The molecule has 1 N–H and O–H groups in total. The summed E-state index contributed by atoms with van der Waals surface area (Å²) < 4.78 is 12.2. The first-order chi connectivity index (χ1) is 10.3. The Morgan fingerprint density at radius 1 is 1.57 bits per heavy atom. The third-order valence-corrected chi connectivity index (χ3v) is 3.32. The van der Waals surface area contributed by atoms with Crippen LogP contribution in [0.15, 0.2) is 16.9 Å². The number of nitrogens with one attached hydrogen (secondary N) is 1. The molecule has 1 amide bonds. The van der Waals surface area contributed by atoms with Crippen molar-refractivity contribution in [2.24, 2.45) is 0 Å². The largest absolute Gasteiger partial charge is 0.368 e. The maximum absolute atomic E-state index is 11.8. The Labute approximate surface area is 121 Å². The summed E-state index contributed by atoms with van der Waals surface area (Å²) >= 11 is 0. The van der Waals surface area contributed by atoms with Crippen LogP contribution in [0.3, 0.4) is 0 Å². The van der Waals surface area contributed by atoms with Crippen LogP contribution in [0, 0.1) is 0 Å². The van der Waals surface area contributed by atoms with Crippen LogP contribution in [0.4, 0.5) is 0 Å². The molecule has 1 saturated heterocycles. The number of ether oxygens (including phenoxy) is 1. The van der Waals surface area contributed by atoms with E-state index in [0.717, 1.165) is 24.9 Å². The van der Waals surface area contributed by atoms with Crippen molar-refractivity contribution < 1.29 is 14.1 Å². The van der Waals surface area contributed by atoms with Gasteiger partial charge >= 0.3 is 0 Å². The summed E-state index contributed by atoms with van der Waals surface area (Å²) in [7, 11) is 0. The van der Waals surface area contributed by atoms with Gasteiger partial charge in [0.1, 0.15) is 6.10 Å². The zero-order chi connectivity index (χ0) is 14.7. The van der Waals surface area contributed by atoms with Gasteiger partial charge in [0.25, 0.3) is 0 Å². The number of aromatic nitrogens is 4.